The fourth-order valence-electron chi connectivity index (χ4n) is 1.81. The Hall–Kier alpha value is -0.920. The number of nitrogens with one attached hydrogen (secondary N) is 2. The summed E-state index contributed by atoms with van der Waals surface area (Å²) in [6.07, 6.45) is 3.43. The second kappa shape index (κ2) is 5.60. The topological polar surface area (TPSA) is 76.0 Å². The summed E-state index contributed by atoms with van der Waals surface area (Å²) in [4.78, 5) is 0. The Bertz CT molecular complexity index is 534. The normalized spacial score (nSPS) is 17.6. The van der Waals surface area contributed by atoms with E-state index >= 15 is 0 Å². The van der Waals surface area contributed by atoms with Gasteiger partial charge in [-0.05, 0) is 26.7 Å². The van der Waals surface area contributed by atoms with Gasteiger partial charge in [0.1, 0.15) is 0 Å². The third-order valence-corrected chi connectivity index (χ3v) is 5.45. The van der Waals surface area contributed by atoms with Crippen LogP contribution in [-0.4, -0.2) is 36.0 Å². The number of hydrogen-bond acceptors (Lipinski definition) is 4. The lowest BCUT2D eigenvalue weighted by Gasteiger charge is -2.14. The largest absolute Gasteiger partial charge is 0.309 e. The summed E-state index contributed by atoms with van der Waals surface area (Å²) in [5.74, 6) is 0. The van der Waals surface area contributed by atoms with Crippen molar-refractivity contribution in [2.45, 2.75) is 44.5 Å². The van der Waals surface area contributed by atoms with E-state index in [-0.39, 0.29) is 11.3 Å². The van der Waals surface area contributed by atoms with Gasteiger partial charge in [0, 0.05) is 37.4 Å². The summed E-state index contributed by atoms with van der Waals surface area (Å²) in [7, 11) is -1.17. The molecule has 2 rings (SSSR count). The summed E-state index contributed by atoms with van der Waals surface area (Å²) in [5, 5.41) is 7.33. The third kappa shape index (κ3) is 3.77. The molecule has 1 aliphatic carbocycles. The van der Waals surface area contributed by atoms with Crippen LogP contribution < -0.4 is 10.0 Å². The van der Waals surface area contributed by atoms with E-state index in [9.17, 15) is 8.42 Å². The molecule has 0 spiro atoms. The number of hydrogen-bond donors (Lipinski definition) is 2. The van der Waals surface area contributed by atoms with Crippen LogP contribution in [0.1, 0.15) is 31.0 Å². The molecule has 1 unspecified atom stereocenters. The number of aryl methyl sites for hydroxylation is 1. The highest BCUT2D eigenvalue weighted by Gasteiger charge is 2.35. The van der Waals surface area contributed by atoms with Crippen molar-refractivity contribution in [2.24, 2.45) is 7.05 Å². The molecule has 0 radical (unpaired) electrons. The highest BCUT2D eigenvalue weighted by atomic mass is 32.2. The quantitative estimate of drug-likeness (QED) is 0.755. The van der Waals surface area contributed by atoms with E-state index in [1.807, 2.05) is 31.8 Å². The van der Waals surface area contributed by atoms with Crippen LogP contribution in [0.3, 0.4) is 0 Å². The molecule has 6 nitrogen and oxygen atoms in total. The molecule has 1 atom stereocenters. The van der Waals surface area contributed by atoms with E-state index in [1.165, 1.54) is 0 Å². The smallest absolute Gasteiger partial charge is 0.214 e. The SMILES string of the molecule is Cc1c(CNC(C)CNS(=O)(=O)C2CC2)cnn1C. The maximum absolute atomic E-state index is 11.7. The molecule has 1 aromatic heterocycles. The maximum Gasteiger partial charge on any atom is 0.214 e. The monoisotopic (exact) mass is 286 g/mol. The molecular weight excluding hydrogens is 264 g/mol. The molecule has 1 aliphatic rings. The minimum absolute atomic E-state index is 0.0909. The van der Waals surface area contributed by atoms with Gasteiger partial charge in [0.2, 0.25) is 10.0 Å². The second-order valence-corrected chi connectivity index (χ2v) is 7.30. The van der Waals surface area contributed by atoms with Crippen LogP contribution in [0, 0.1) is 6.92 Å². The van der Waals surface area contributed by atoms with Gasteiger partial charge in [0.05, 0.1) is 11.4 Å². The molecule has 1 fully saturated rings. The molecule has 0 saturated heterocycles. The first-order valence-corrected chi connectivity index (χ1v) is 8.14. The molecule has 7 heteroatoms. The van der Waals surface area contributed by atoms with E-state index in [0.717, 1.165) is 24.1 Å². The van der Waals surface area contributed by atoms with Gasteiger partial charge in [-0.25, -0.2) is 13.1 Å². The summed E-state index contributed by atoms with van der Waals surface area (Å²) < 4.78 is 27.9. The van der Waals surface area contributed by atoms with E-state index in [1.54, 1.807) is 0 Å². The van der Waals surface area contributed by atoms with Crippen molar-refractivity contribution >= 4 is 10.0 Å². The average Bonchev–Trinajstić information content (AvgIpc) is 3.16. The van der Waals surface area contributed by atoms with Gasteiger partial charge in [-0.15, -0.1) is 0 Å². The average molecular weight is 286 g/mol. The Morgan fingerprint density at radius 1 is 1.53 bits per heavy atom. The zero-order valence-electron chi connectivity index (χ0n) is 11.7. The first kappa shape index (κ1) is 14.5. The Balaban J connectivity index is 1.75. The lowest BCUT2D eigenvalue weighted by Crippen LogP contribution is -2.39. The van der Waals surface area contributed by atoms with E-state index in [4.69, 9.17) is 0 Å². The molecule has 0 aromatic carbocycles. The van der Waals surface area contributed by atoms with Crippen molar-refractivity contribution in [3.63, 3.8) is 0 Å². The summed E-state index contributed by atoms with van der Waals surface area (Å²) >= 11 is 0. The molecule has 19 heavy (non-hydrogen) atoms. The van der Waals surface area contributed by atoms with Crippen molar-refractivity contribution in [1.82, 2.24) is 19.8 Å². The molecule has 1 aromatic rings. The number of nitrogens with zero attached hydrogens (tertiary/aromatic N) is 2. The number of rotatable bonds is 7. The fourth-order valence-corrected chi connectivity index (χ4v) is 3.29. The van der Waals surface area contributed by atoms with E-state index in [0.29, 0.717) is 13.1 Å². The van der Waals surface area contributed by atoms with Crippen LogP contribution >= 0.6 is 0 Å². The first-order chi connectivity index (χ1) is 8.90. The summed E-state index contributed by atoms with van der Waals surface area (Å²) in [5.41, 5.74) is 2.26. The molecule has 108 valence electrons. The van der Waals surface area contributed by atoms with Crippen molar-refractivity contribution in [3.8, 4) is 0 Å². The molecule has 2 N–H and O–H groups in total. The van der Waals surface area contributed by atoms with Crippen molar-refractivity contribution in [2.75, 3.05) is 6.54 Å². The highest BCUT2D eigenvalue weighted by molar-refractivity contribution is 7.90. The zero-order valence-corrected chi connectivity index (χ0v) is 12.5. The van der Waals surface area contributed by atoms with Crippen LogP contribution in [0.5, 0.6) is 0 Å². The van der Waals surface area contributed by atoms with Gasteiger partial charge in [0.25, 0.3) is 0 Å². The molecule has 1 saturated carbocycles. The second-order valence-electron chi connectivity index (χ2n) is 5.25. The van der Waals surface area contributed by atoms with Gasteiger partial charge in [-0.3, -0.25) is 4.68 Å². The van der Waals surface area contributed by atoms with Crippen LogP contribution in [0.4, 0.5) is 0 Å². The maximum atomic E-state index is 11.7. The highest BCUT2D eigenvalue weighted by Crippen LogP contribution is 2.27. The Morgan fingerprint density at radius 3 is 2.74 bits per heavy atom. The molecule has 0 aliphatic heterocycles. The minimum atomic E-state index is -3.08. The van der Waals surface area contributed by atoms with E-state index < -0.39 is 10.0 Å². The van der Waals surface area contributed by atoms with Gasteiger partial charge < -0.3 is 5.32 Å². The van der Waals surface area contributed by atoms with Crippen LogP contribution in [0.2, 0.25) is 0 Å². The third-order valence-electron chi connectivity index (χ3n) is 3.53. The number of aromatic nitrogens is 2. The Kier molecular flexibility index (Phi) is 4.27. The van der Waals surface area contributed by atoms with Gasteiger partial charge in [-0.2, -0.15) is 5.10 Å². The fraction of sp³-hybridized carbons (Fsp3) is 0.750. The number of sulfonamides is 1. The predicted molar refractivity (Wildman–Crippen MR) is 74.2 cm³/mol. The Morgan fingerprint density at radius 2 is 2.21 bits per heavy atom. The molecular formula is C12H22N4O2S. The molecule has 0 bridgehead atoms. The zero-order chi connectivity index (χ0) is 14.0. The van der Waals surface area contributed by atoms with Crippen LogP contribution in [0.15, 0.2) is 6.20 Å². The lowest BCUT2D eigenvalue weighted by molar-refractivity contribution is 0.523. The summed E-state index contributed by atoms with van der Waals surface area (Å²) in [6, 6.07) is 0.0909. The summed E-state index contributed by atoms with van der Waals surface area (Å²) in [6.45, 7) is 5.12. The molecule has 0 amide bonds. The van der Waals surface area contributed by atoms with Crippen LogP contribution in [-0.2, 0) is 23.6 Å². The van der Waals surface area contributed by atoms with E-state index in [2.05, 4.69) is 15.1 Å². The van der Waals surface area contributed by atoms with Gasteiger partial charge >= 0.3 is 0 Å². The standard InChI is InChI=1S/C12H22N4O2S/c1-9(6-15-19(17,18)12-4-5-12)13-7-11-8-14-16(3)10(11)2/h8-9,12-13,15H,4-7H2,1-3H3. The predicted octanol–water partition coefficient (Wildman–Crippen LogP) is 0.288. The molecule has 1 heterocycles. The minimum Gasteiger partial charge on any atom is -0.309 e. The lowest BCUT2D eigenvalue weighted by atomic mass is 10.2. The van der Waals surface area contributed by atoms with Gasteiger partial charge in [0.15, 0.2) is 0 Å². The van der Waals surface area contributed by atoms with Crippen LogP contribution in [0.25, 0.3) is 0 Å². The van der Waals surface area contributed by atoms with Crippen molar-refractivity contribution < 1.29 is 8.42 Å². The van der Waals surface area contributed by atoms with Crippen molar-refractivity contribution in [3.05, 3.63) is 17.5 Å². The van der Waals surface area contributed by atoms with Gasteiger partial charge in [-0.1, -0.05) is 0 Å². The first-order valence-electron chi connectivity index (χ1n) is 6.59. The van der Waals surface area contributed by atoms with Crippen molar-refractivity contribution in [1.29, 1.82) is 0 Å². The Labute approximate surface area is 114 Å².